The first kappa shape index (κ1) is 16.0. The number of amides is 2. The van der Waals surface area contributed by atoms with E-state index in [9.17, 15) is 9.59 Å². The Morgan fingerprint density at radius 3 is 2.91 bits per heavy atom. The molecule has 1 atom stereocenters. The number of furan rings is 1. The van der Waals surface area contributed by atoms with Crippen molar-refractivity contribution in [2.75, 3.05) is 0 Å². The Morgan fingerprint density at radius 2 is 2.23 bits per heavy atom. The molecular weight excluding hydrogens is 308 g/mol. The van der Waals surface area contributed by atoms with E-state index in [-0.39, 0.29) is 23.2 Å². The standard InChI is InChI=1S/C14H15ClN4O3/c1-8(13(20)17-6-10-4-3-5-22-10)18-14(21)12-11(15)7-16-9(2)19-12/h3-5,7-8H,6H2,1-2H3,(H,17,20)(H,18,21). The number of nitrogens with one attached hydrogen (secondary N) is 2. The lowest BCUT2D eigenvalue weighted by Gasteiger charge is -2.13. The molecule has 22 heavy (non-hydrogen) atoms. The van der Waals surface area contributed by atoms with Crippen molar-refractivity contribution >= 4 is 23.4 Å². The van der Waals surface area contributed by atoms with Gasteiger partial charge in [-0.3, -0.25) is 9.59 Å². The number of carbonyl (C=O) groups excluding carboxylic acids is 2. The minimum absolute atomic E-state index is 0.0415. The molecule has 2 aromatic heterocycles. The van der Waals surface area contributed by atoms with Crippen LogP contribution in [0.1, 0.15) is 29.0 Å². The van der Waals surface area contributed by atoms with Crippen molar-refractivity contribution < 1.29 is 14.0 Å². The highest BCUT2D eigenvalue weighted by molar-refractivity contribution is 6.33. The predicted molar refractivity (Wildman–Crippen MR) is 79.3 cm³/mol. The Morgan fingerprint density at radius 1 is 1.45 bits per heavy atom. The summed E-state index contributed by atoms with van der Waals surface area (Å²) in [7, 11) is 0. The average molecular weight is 323 g/mol. The predicted octanol–water partition coefficient (Wildman–Crippen LogP) is 1.47. The molecule has 1 unspecified atom stereocenters. The number of halogens is 1. The summed E-state index contributed by atoms with van der Waals surface area (Å²) in [5.74, 6) is 0.175. The minimum Gasteiger partial charge on any atom is -0.467 e. The molecule has 0 aliphatic heterocycles. The second-order valence-electron chi connectivity index (χ2n) is 4.61. The zero-order valence-electron chi connectivity index (χ0n) is 12.1. The van der Waals surface area contributed by atoms with Gasteiger partial charge in [0.25, 0.3) is 5.91 Å². The molecule has 0 bridgehead atoms. The van der Waals surface area contributed by atoms with Crippen LogP contribution in [0.3, 0.4) is 0 Å². The Kier molecular flexibility index (Phi) is 5.11. The topological polar surface area (TPSA) is 97.1 Å². The van der Waals surface area contributed by atoms with Gasteiger partial charge in [-0.25, -0.2) is 9.97 Å². The summed E-state index contributed by atoms with van der Waals surface area (Å²) in [5.41, 5.74) is 0.0415. The fourth-order valence-electron chi connectivity index (χ4n) is 1.69. The van der Waals surface area contributed by atoms with Gasteiger partial charge in [0, 0.05) is 0 Å². The van der Waals surface area contributed by atoms with Gasteiger partial charge >= 0.3 is 0 Å². The van der Waals surface area contributed by atoms with Crippen molar-refractivity contribution in [2.45, 2.75) is 26.4 Å². The second kappa shape index (κ2) is 7.04. The normalized spacial score (nSPS) is 11.8. The van der Waals surface area contributed by atoms with Gasteiger partial charge in [0.15, 0.2) is 0 Å². The van der Waals surface area contributed by atoms with Crippen molar-refractivity contribution in [1.82, 2.24) is 20.6 Å². The summed E-state index contributed by atoms with van der Waals surface area (Å²) in [6.45, 7) is 3.46. The molecule has 0 saturated carbocycles. The zero-order chi connectivity index (χ0) is 16.1. The third kappa shape index (κ3) is 4.05. The maximum Gasteiger partial charge on any atom is 0.272 e. The van der Waals surface area contributed by atoms with E-state index >= 15 is 0 Å². The quantitative estimate of drug-likeness (QED) is 0.868. The van der Waals surface area contributed by atoms with Gasteiger partial charge in [0.05, 0.1) is 24.0 Å². The Balaban J connectivity index is 1.92. The van der Waals surface area contributed by atoms with Crippen LogP contribution in [-0.2, 0) is 11.3 Å². The van der Waals surface area contributed by atoms with Gasteiger partial charge in [0.1, 0.15) is 23.3 Å². The molecule has 0 aliphatic rings. The summed E-state index contributed by atoms with van der Waals surface area (Å²) < 4.78 is 5.11. The molecule has 0 aromatic carbocycles. The van der Waals surface area contributed by atoms with Crippen LogP contribution in [-0.4, -0.2) is 27.8 Å². The van der Waals surface area contributed by atoms with Crippen molar-refractivity contribution in [2.24, 2.45) is 0 Å². The molecule has 2 aromatic rings. The highest BCUT2D eigenvalue weighted by Gasteiger charge is 2.19. The van der Waals surface area contributed by atoms with Gasteiger partial charge in [0.2, 0.25) is 5.91 Å². The molecule has 2 amide bonds. The monoisotopic (exact) mass is 322 g/mol. The summed E-state index contributed by atoms with van der Waals surface area (Å²) in [5, 5.41) is 5.32. The van der Waals surface area contributed by atoms with Crippen LogP contribution >= 0.6 is 11.6 Å². The van der Waals surface area contributed by atoms with E-state index < -0.39 is 11.9 Å². The molecule has 0 spiro atoms. The maximum atomic E-state index is 12.1. The molecule has 0 fully saturated rings. The van der Waals surface area contributed by atoms with Crippen LogP contribution in [0.2, 0.25) is 5.02 Å². The maximum absolute atomic E-state index is 12.1. The second-order valence-corrected chi connectivity index (χ2v) is 5.01. The van der Waals surface area contributed by atoms with Crippen LogP contribution in [0.5, 0.6) is 0 Å². The molecule has 0 saturated heterocycles. The van der Waals surface area contributed by atoms with E-state index in [0.717, 1.165) is 0 Å². The summed E-state index contributed by atoms with van der Waals surface area (Å²) in [6, 6.07) is 2.73. The molecule has 0 aliphatic carbocycles. The Bertz CT molecular complexity index is 673. The Hall–Kier alpha value is -2.41. The van der Waals surface area contributed by atoms with Crippen LogP contribution in [0.4, 0.5) is 0 Å². The number of nitrogens with zero attached hydrogens (tertiary/aromatic N) is 2. The van der Waals surface area contributed by atoms with Gasteiger partial charge < -0.3 is 15.1 Å². The molecule has 7 nitrogen and oxygen atoms in total. The molecular formula is C14H15ClN4O3. The van der Waals surface area contributed by atoms with Crippen molar-refractivity contribution in [1.29, 1.82) is 0 Å². The highest BCUT2D eigenvalue weighted by atomic mass is 35.5. The van der Waals surface area contributed by atoms with E-state index in [4.69, 9.17) is 16.0 Å². The number of aromatic nitrogens is 2. The number of rotatable bonds is 5. The van der Waals surface area contributed by atoms with Crippen molar-refractivity contribution in [3.63, 3.8) is 0 Å². The summed E-state index contributed by atoms with van der Waals surface area (Å²) in [6.07, 6.45) is 2.87. The lowest BCUT2D eigenvalue weighted by molar-refractivity contribution is -0.122. The van der Waals surface area contributed by atoms with Crippen LogP contribution in [0.15, 0.2) is 29.0 Å². The van der Waals surface area contributed by atoms with Crippen molar-refractivity contribution in [3.8, 4) is 0 Å². The molecule has 2 N–H and O–H groups in total. The van der Waals surface area contributed by atoms with Gasteiger partial charge in [-0.1, -0.05) is 11.6 Å². The SMILES string of the molecule is Cc1ncc(Cl)c(C(=O)NC(C)C(=O)NCc2ccco2)n1. The van der Waals surface area contributed by atoms with E-state index in [0.29, 0.717) is 11.6 Å². The van der Waals surface area contributed by atoms with E-state index in [1.807, 2.05) is 0 Å². The van der Waals surface area contributed by atoms with Crippen LogP contribution < -0.4 is 10.6 Å². The average Bonchev–Trinajstić information content (AvgIpc) is 3.00. The lowest BCUT2D eigenvalue weighted by Crippen LogP contribution is -2.44. The Labute approximate surface area is 132 Å². The first-order valence-electron chi connectivity index (χ1n) is 6.57. The number of carbonyl (C=O) groups is 2. The smallest absolute Gasteiger partial charge is 0.272 e. The van der Waals surface area contributed by atoms with E-state index in [1.54, 1.807) is 26.0 Å². The van der Waals surface area contributed by atoms with Crippen molar-refractivity contribution in [3.05, 3.63) is 46.9 Å². The molecule has 8 heteroatoms. The third-order valence-corrected chi connectivity index (χ3v) is 3.11. The van der Waals surface area contributed by atoms with Crippen LogP contribution in [0.25, 0.3) is 0 Å². The third-order valence-electron chi connectivity index (χ3n) is 2.84. The largest absolute Gasteiger partial charge is 0.467 e. The summed E-state index contributed by atoms with van der Waals surface area (Å²) in [4.78, 5) is 31.9. The number of hydrogen-bond acceptors (Lipinski definition) is 5. The minimum atomic E-state index is -0.742. The molecule has 0 radical (unpaired) electrons. The first-order valence-corrected chi connectivity index (χ1v) is 6.95. The number of hydrogen-bond donors (Lipinski definition) is 2. The molecule has 116 valence electrons. The van der Waals surface area contributed by atoms with E-state index in [1.165, 1.54) is 12.5 Å². The summed E-state index contributed by atoms with van der Waals surface area (Å²) >= 11 is 5.88. The van der Waals surface area contributed by atoms with Crippen LogP contribution in [0, 0.1) is 6.92 Å². The first-order chi connectivity index (χ1) is 10.5. The highest BCUT2D eigenvalue weighted by Crippen LogP contribution is 2.12. The fraction of sp³-hybridized carbons (Fsp3) is 0.286. The zero-order valence-corrected chi connectivity index (χ0v) is 12.8. The van der Waals surface area contributed by atoms with Gasteiger partial charge in [-0.2, -0.15) is 0 Å². The van der Waals surface area contributed by atoms with Gasteiger partial charge in [-0.15, -0.1) is 0 Å². The molecule has 2 heterocycles. The lowest BCUT2D eigenvalue weighted by atomic mass is 10.2. The van der Waals surface area contributed by atoms with E-state index in [2.05, 4.69) is 20.6 Å². The number of aryl methyl sites for hydroxylation is 1. The fourth-order valence-corrected chi connectivity index (χ4v) is 1.86. The van der Waals surface area contributed by atoms with Gasteiger partial charge in [-0.05, 0) is 26.0 Å². The molecule has 2 rings (SSSR count).